The minimum atomic E-state index is 0.325. The molecule has 0 fully saturated rings. The molecular weight excluding hydrogens is 242 g/mol. The van der Waals surface area contributed by atoms with Crippen LogP contribution in [-0.2, 0) is 12.8 Å². The van der Waals surface area contributed by atoms with E-state index in [9.17, 15) is 0 Å². The Balaban J connectivity index is 2.63. The van der Waals surface area contributed by atoms with Crippen molar-refractivity contribution >= 4 is 0 Å². The quantitative estimate of drug-likeness (QED) is 0.750. The lowest BCUT2D eigenvalue weighted by Crippen LogP contribution is -2.40. The molecule has 1 unspecified atom stereocenters. The zero-order valence-electron chi connectivity index (χ0n) is 14.3. The molecule has 20 heavy (non-hydrogen) atoms. The van der Waals surface area contributed by atoms with Crippen LogP contribution in [0.15, 0.2) is 24.3 Å². The van der Waals surface area contributed by atoms with Crippen LogP contribution < -0.4 is 5.32 Å². The Labute approximate surface area is 126 Å². The van der Waals surface area contributed by atoms with Gasteiger partial charge in [0.05, 0.1) is 0 Å². The van der Waals surface area contributed by atoms with Crippen LogP contribution >= 0.6 is 0 Å². The summed E-state index contributed by atoms with van der Waals surface area (Å²) in [7, 11) is 0. The molecule has 0 spiro atoms. The van der Waals surface area contributed by atoms with Crippen LogP contribution in [0.25, 0.3) is 0 Å². The molecule has 0 radical (unpaired) electrons. The van der Waals surface area contributed by atoms with Crippen molar-refractivity contribution in [2.75, 3.05) is 6.54 Å². The molecule has 0 bridgehead atoms. The molecule has 1 aromatic carbocycles. The van der Waals surface area contributed by atoms with Crippen molar-refractivity contribution in [3.05, 3.63) is 35.4 Å². The van der Waals surface area contributed by atoms with Gasteiger partial charge in [-0.15, -0.1) is 0 Å². The molecule has 1 atom stereocenters. The molecular formula is C19H33N. The van der Waals surface area contributed by atoms with E-state index < -0.39 is 0 Å². The van der Waals surface area contributed by atoms with Crippen molar-refractivity contribution < 1.29 is 0 Å². The van der Waals surface area contributed by atoms with Crippen LogP contribution in [0.5, 0.6) is 0 Å². The van der Waals surface area contributed by atoms with Gasteiger partial charge in [0, 0.05) is 6.04 Å². The first-order valence-corrected chi connectivity index (χ1v) is 8.14. The first kappa shape index (κ1) is 17.2. The fourth-order valence-electron chi connectivity index (χ4n) is 2.78. The average Bonchev–Trinajstić information content (AvgIpc) is 2.32. The van der Waals surface area contributed by atoms with Crippen LogP contribution in [0.4, 0.5) is 0 Å². The van der Waals surface area contributed by atoms with Gasteiger partial charge in [0.2, 0.25) is 0 Å². The van der Waals surface area contributed by atoms with E-state index in [4.69, 9.17) is 0 Å². The van der Waals surface area contributed by atoms with E-state index in [0.29, 0.717) is 11.5 Å². The fraction of sp³-hybridized carbons (Fsp3) is 0.684. The number of aryl methyl sites for hydroxylation is 1. The van der Waals surface area contributed by atoms with E-state index >= 15 is 0 Å². The molecule has 0 aliphatic heterocycles. The lowest BCUT2D eigenvalue weighted by atomic mass is 9.83. The van der Waals surface area contributed by atoms with Crippen molar-refractivity contribution in [3.8, 4) is 0 Å². The summed E-state index contributed by atoms with van der Waals surface area (Å²) >= 11 is 0. The monoisotopic (exact) mass is 275 g/mol. The topological polar surface area (TPSA) is 12.0 Å². The molecule has 0 aliphatic rings. The van der Waals surface area contributed by atoms with Crippen LogP contribution in [0.3, 0.4) is 0 Å². The van der Waals surface area contributed by atoms with E-state index in [1.807, 2.05) is 0 Å². The summed E-state index contributed by atoms with van der Waals surface area (Å²) in [4.78, 5) is 0. The van der Waals surface area contributed by atoms with E-state index in [1.54, 1.807) is 0 Å². The van der Waals surface area contributed by atoms with Crippen LogP contribution in [0.1, 0.15) is 59.1 Å². The Morgan fingerprint density at radius 2 is 1.75 bits per heavy atom. The van der Waals surface area contributed by atoms with Gasteiger partial charge in [-0.1, -0.05) is 65.8 Å². The van der Waals surface area contributed by atoms with E-state index in [2.05, 4.69) is 71.1 Å². The average molecular weight is 275 g/mol. The summed E-state index contributed by atoms with van der Waals surface area (Å²) in [6, 6.07) is 9.73. The van der Waals surface area contributed by atoms with Gasteiger partial charge in [-0.05, 0) is 48.3 Å². The number of nitrogens with one attached hydrogen (secondary N) is 1. The Morgan fingerprint density at radius 1 is 1.10 bits per heavy atom. The third kappa shape index (κ3) is 6.09. The normalized spacial score (nSPS) is 13.8. The summed E-state index contributed by atoms with van der Waals surface area (Å²) in [5.41, 5.74) is 3.29. The van der Waals surface area contributed by atoms with Crippen molar-refractivity contribution in [1.82, 2.24) is 5.32 Å². The Hall–Kier alpha value is -0.820. The summed E-state index contributed by atoms with van der Waals surface area (Å²) in [6.07, 6.45) is 3.56. The molecule has 0 aromatic heterocycles. The molecule has 0 amide bonds. The van der Waals surface area contributed by atoms with Gasteiger partial charge in [0.15, 0.2) is 0 Å². The number of hydrogen-bond donors (Lipinski definition) is 1. The molecule has 0 saturated heterocycles. The standard InChI is InChI=1S/C19H33N/c1-7-20-18(19(4,5)6)12-11-16-9-8-10-17(14-16)13-15(2)3/h8-10,14-15,18,20H,7,11-13H2,1-6H3. The Morgan fingerprint density at radius 3 is 2.30 bits per heavy atom. The van der Waals surface area contributed by atoms with Gasteiger partial charge >= 0.3 is 0 Å². The number of benzene rings is 1. The lowest BCUT2D eigenvalue weighted by molar-refractivity contribution is 0.258. The van der Waals surface area contributed by atoms with Crippen molar-refractivity contribution in [2.24, 2.45) is 11.3 Å². The smallest absolute Gasteiger partial charge is 0.0119 e. The second-order valence-corrected chi connectivity index (χ2v) is 7.43. The fourth-order valence-corrected chi connectivity index (χ4v) is 2.78. The number of hydrogen-bond acceptors (Lipinski definition) is 1. The zero-order chi connectivity index (χ0) is 15.2. The largest absolute Gasteiger partial charge is 0.314 e. The van der Waals surface area contributed by atoms with Gasteiger partial charge in [-0.2, -0.15) is 0 Å². The van der Waals surface area contributed by atoms with Crippen molar-refractivity contribution in [1.29, 1.82) is 0 Å². The Bertz CT molecular complexity index is 387. The summed E-state index contributed by atoms with van der Waals surface area (Å²) < 4.78 is 0. The van der Waals surface area contributed by atoms with E-state index in [0.717, 1.165) is 12.5 Å². The minimum Gasteiger partial charge on any atom is -0.314 e. The van der Waals surface area contributed by atoms with Gasteiger partial charge in [0.1, 0.15) is 0 Å². The van der Waals surface area contributed by atoms with Gasteiger partial charge in [-0.25, -0.2) is 0 Å². The maximum absolute atomic E-state index is 3.64. The number of rotatable bonds is 7. The molecule has 0 saturated carbocycles. The molecule has 1 nitrogen and oxygen atoms in total. The molecule has 0 aliphatic carbocycles. The minimum absolute atomic E-state index is 0.325. The highest BCUT2D eigenvalue weighted by molar-refractivity contribution is 5.24. The summed E-state index contributed by atoms with van der Waals surface area (Å²) in [6.45, 7) is 14.8. The first-order chi connectivity index (χ1) is 9.32. The maximum Gasteiger partial charge on any atom is 0.0119 e. The Kier molecular flexibility index (Phi) is 6.75. The van der Waals surface area contributed by atoms with Gasteiger partial charge < -0.3 is 5.32 Å². The van der Waals surface area contributed by atoms with Gasteiger partial charge in [0.25, 0.3) is 0 Å². The second kappa shape index (κ2) is 7.83. The first-order valence-electron chi connectivity index (χ1n) is 8.14. The van der Waals surface area contributed by atoms with Gasteiger partial charge in [-0.3, -0.25) is 0 Å². The second-order valence-electron chi connectivity index (χ2n) is 7.43. The third-order valence-corrected chi connectivity index (χ3v) is 3.85. The molecule has 1 rings (SSSR count). The maximum atomic E-state index is 3.64. The predicted molar refractivity (Wildman–Crippen MR) is 90.2 cm³/mol. The molecule has 114 valence electrons. The predicted octanol–water partition coefficient (Wildman–Crippen LogP) is 4.84. The highest BCUT2D eigenvalue weighted by Crippen LogP contribution is 2.23. The van der Waals surface area contributed by atoms with Crippen LogP contribution in [0.2, 0.25) is 0 Å². The van der Waals surface area contributed by atoms with Crippen molar-refractivity contribution in [2.45, 2.75) is 66.8 Å². The van der Waals surface area contributed by atoms with Crippen molar-refractivity contribution in [3.63, 3.8) is 0 Å². The highest BCUT2D eigenvalue weighted by Gasteiger charge is 2.23. The summed E-state index contributed by atoms with van der Waals surface area (Å²) in [5, 5.41) is 3.64. The van der Waals surface area contributed by atoms with Crippen LogP contribution in [0, 0.1) is 11.3 Å². The SMILES string of the molecule is CCNC(CCc1cccc(CC(C)C)c1)C(C)(C)C. The lowest BCUT2D eigenvalue weighted by Gasteiger charge is -2.31. The van der Waals surface area contributed by atoms with E-state index in [-0.39, 0.29) is 0 Å². The summed E-state index contributed by atoms with van der Waals surface area (Å²) in [5.74, 6) is 0.731. The molecule has 1 heteroatoms. The zero-order valence-corrected chi connectivity index (χ0v) is 14.3. The highest BCUT2D eigenvalue weighted by atomic mass is 14.9. The molecule has 1 N–H and O–H groups in total. The van der Waals surface area contributed by atoms with E-state index in [1.165, 1.54) is 30.4 Å². The van der Waals surface area contributed by atoms with Crippen LogP contribution in [-0.4, -0.2) is 12.6 Å². The molecule has 1 aromatic rings. The molecule has 0 heterocycles. The third-order valence-electron chi connectivity index (χ3n) is 3.85.